The van der Waals surface area contributed by atoms with Gasteiger partial charge in [0.05, 0.1) is 0 Å². The number of aromatic amines is 1. The zero-order valence-corrected chi connectivity index (χ0v) is 7.82. The van der Waals surface area contributed by atoms with Crippen molar-refractivity contribution in [3.05, 3.63) is 30.6 Å². The molecule has 0 bridgehead atoms. The number of hydrogen-bond donors (Lipinski definition) is 1. The van der Waals surface area contributed by atoms with E-state index in [4.69, 9.17) is 0 Å². The summed E-state index contributed by atoms with van der Waals surface area (Å²) in [5.74, 6) is 0.0917. The van der Waals surface area contributed by atoms with Gasteiger partial charge in [-0.2, -0.15) is 5.10 Å². The van der Waals surface area contributed by atoms with E-state index < -0.39 is 6.36 Å². The Bertz CT molecular complexity index is 467. The molecule has 7 heteroatoms. The van der Waals surface area contributed by atoms with Gasteiger partial charge in [0.25, 0.3) is 0 Å². The average molecular weight is 229 g/mol. The molecule has 1 heterocycles. The van der Waals surface area contributed by atoms with Crippen LogP contribution in [0.15, 0.2) is 30.6 Å². The first-order chi connectivity index (χ1) is 7.54. The number of aromatic nitrogens is 3. The summed E-state index contributed by atoms with van der Waals surface area (Å²) in [6.45, 7) is 0. The summed E-state index contributed by atoms with van der Waals surface area (Å²) in [6, 6.07) is 5.49. The van der Waals surface area contributed by atoms with Gasteiger partial charge in [0, 0.05) is 5.56 Å². The number of alkyl halides is 3. The van der Waals surface area contributed by atoms with Crippen molar-refractivity contribution < 1.29 is 17.9 Å². The van der Waals surface area contributed by atoms with Crippen LogP contribution in [0.25, 0.3) is 11.4 Å². The minimum atomic E-state index is -4.69. The average Bonchev–Trinajstić information content (AvgIpc) is 2.68. The van der Waals surface area contributed by atoms with Crippen LogP contribution in [-0.4, -0.2) is 21.5 Å². The van der Waals surface area contributed by atoms with E-state index >= 15 is 0 Å². The molecule has 1 aromatic heterocycles. The normalized spacial score (nSPS) is 11.4. The fraction of sp³-hybridized carbons (Fsp3) is 0.111. The summed E-state index contributed by atoms with van der Waals surface area (Å²) in [5.41, 5.74) is 0.472. The number of benzene rings is 1. The summed E-state index contributed by atoms with van der Waals surface area (Å²) in [5, 5.41) is 6.15. The standard InChI is InChI=1S/C9H6F3N3O/c10-9(11,12)16-7-3-1-2-6(4-7)8-13-5-14-15-8/h1-5H,(H,13,14,15). The van der Waals surface area contributed by atoms with E-state index in [0.717, 1.165) is 0 Å². The number of halogens is 3. The molecule has 2 aromatic rings. The molecule has 0 atom stereocenters. The Balaban J connectivity index is 2.27. The molecule has 0 aliphatic carbocycles. The van der Waals surface area contributed by atoms with E-state index in [0.29, 0.717) is 11.4 Å². The Hall–Kier alpha value is -2.05. The summed E-state index contributed by atoms with van der Waals surface area (Å²) < 4.78 is 39.7. The molecule has 0 amide bonds. The second-order valence-corrected chi connectivity index (χ2v) is 2.91. The number of rotatable bonds is 2. The summed E-state index contributed by atoms with van der Waals surface area (Å²) in [4.78, 5) is 3.82. The zero-order chi connectivity index (χ0) is 11.6. The van der Waals surface area contributed by atoms with E-state index in [2.05, 4.69) is 19.9 Å². The molecular formula is C9H6F3N3O. The van der Waals surface area contributed by atoms with Crippen molar-refractivity contribution in [2.24, 2.45) is 0 Å². The van der Waals surface area contributed by atoms with Gasteiger partial charge in [0.15, 0.2) is 5.82 Å². The molecule has 1 aromatic carbocycles. The lowest BCUT2D eigenvalue weighted by atomic mass is 10.2. The molecule has 4 nitrogen and oxygen atoms in total. The molecular weight excluding hydrogens is 223 g/mol. The van der Waals surface area contributed by atoms with Crippen molar-refractivity contribution in [1.29, 1.82) is 0 Å². The van der Waals surface area contributed by atoms with E-state index in [1.807, 2.05) is 0 Å². The Morgan fingerprint density at radius 3 is 2.69 bits per heavy atom. The Kier molecular flexibility index (Phi) is 2.51. The Labute approximate surface area is 88.1 Å². The second-order valence-electron chi connectivity index (χ2n) is 2.91. The third-order valence-electron chi connectivity index (χ3n) is 1.76. The predicted molar refractivity (Wildman–Crippen MR) is 48.5 cm³/mol. The minimum Gasteiger partial charge on any atom is -0.406 e. The van der Waals surface area contributed by atoms with Crippen molar-refractivity contribution in [3.8, 4) is 17.1 Å². The SMILES string of the molecule is FC(F)(F)Oc1cccc(-c2ncn[nH]2)c1. The van der Waals surface area contributed by atoms with E-state index in [-0.39, 0.29) is 5.75 Å². The third kappa shape index (κ3) is 2.50. The topological polar surface area (TPSA) is 50.8 Å². The van der Waals surface area contributed by atoms with Gasteiger partial charge < -0.3 is 4.74 Å². The molecule has 0 fully saturated rings. The lowest BCUT2D eigenvalue weighted by Gasteiger charge is -2.08. The van der Waals surface area contributed by atoms with Crippen LogP contribution in [-0.2, 0) is 0 Å². The van der Waals surface area contributed by atoms with Gasteiger partial charge in [-0.3, -0.25) is 5.10 Å². The summed E-state index contributed by atoms with van der Waals surface area (Å²) in [7, 11) is 0. The molecule has 0 unspecified atom stereocenters. The number of nitrogens with zero attached hydrogens (tertiary/aromatic N) is 2. The van der Waals surface area contributed by atoms with Gasteiger partial charge in [-0.25, -0.2) is 4.98 Å². The van der Waals surface area contributed by atoms with Gasteiger partial charge in [-0.05, 0) is 12.1 Å². The first-order valence-electron chi connectivity index (χ1n) is 4.26. The molecule has 0 spiro atoms. The second kappa shape index (κ2) is 3.84. The fourth-order valence-corrected chi connectivity index (χ4v) is 1.19. The van der Waals surface area contributed by atoms with Crippen molar-refractivity contribution >= 4 is 0 Å². The molecule has 0 radical (unpaired) electrons. The highest BCUT2D eigenvalue weighted by molar-refractivity contribution is 5.56. The summed E-state index contributed by atoms with van der Waals surface area (Å²) >= 11 is 0. The van der Waals surface area contributed by atoms with Crippen molar-refractivity contribution in [3.63, 3.8) is 0 Å². The maximum absolute atomic E-state index is 12.0. The van der Waals surface area contributed by atoms with Crippen LogP contribution < -0.4 is 4.74 Å². The molecule has 0 aliphatic rings. The van der Waals surface area contributed by atoms with Crippen molar-refractivity contribution in [2.45, 2.75) is 6.36 Å². The first-order valence-corrected chi connectivity index (χ1v) is 4.26. The van der Waals surface area contributed by atoms with Gasteiger partial charge in [0.1, 0.15) is 12.1 Å². The highest BCUT2D eigenvalue weighted by atomic mass is 19.4. The van der Waals surface area contributed by atoms with Crippen LogP contribution in [0.3, 0.4) is 0 Å². The molecule has 16 heavy (non-hydrogen) atoms. The lowest BCUT2D eigenvalue weighted by molar-refractivity contribution is -0.274. The Morgan fingerprint density at radius 2 is 2.06 bits per heavy atom. The predicted octanol–water partition coefficient (Wildman–Crippen LogP) is 2.37. The van der Waals surface area contributed by atoms with Crippen LogP contribution >= 0.6 is 0 Å². The minimum absolute atomic E-state index is 0.290. The first kappa shape index (κ1) is 10.5. The smallest absolute Gasteiger partial charge is 0.406 e. The maximum atomic E-state index is 12.0. The lowest BCUT2D eigenvalue weighted by Crippen LogP contribution is -2.17. The number of ether oxygens (including phenoxy) is 1. The number of H-pyrrole nitrogens is 1. The summed E-state index contributed by atoms with van der Waals surface area (Å²) in [6.07, 6.45) is -3.42. The molecule has 0 aliphatic heterocycles. The maximum Gasteiger partial charge on any atom is 0.573 e. The fourth-order valence-electron chi connectivity index (χ4n) is 1.19. The quantitative estimate of drug-likeness (QED) is 0.859. The van der Waals surface area contributed by atoms with E-state index in [1.54, 1.807) is 6.07 Å². The molecule has 84 valence electrons. The van der Waals surface area contributed by atoms with Gasteiger partial charge in [-0.1, -0.05) is 12.1 Å². The van der Waals surface area contributed by atoms with Crippen LogP contribution in [0.1, 0.15) is 0 Å². The molecule has 0 saturated heterocycles. The molecule has 2 rings (SSSR count). The zero-order valence-electron chi connectivity index (χ0n) is 7.82. The monoisotopic (exact) mass is 229 g/mol. The van der Waals surface area contributed by atoms with Crippen molar-refractivity contribution in [2.75, 3.05) is 0 Å². The van der Waals surface area contributed by atoms with Crippen molar-refractivity contribution in [1.82, 2.24) is 15.2 Å². The highest BCUT2D eigenvalue weighted by Crippen LogP contribution is 2.26. The van der Waals surface area contributed by atoms with E-state index in [1.165, 1.54) is 24.5 Å². The van der Waals surface area contributed by atoms with Gasteiger partial charge in [-0.15, -0.1) is 13.2 Å². The van der Waals surface area contributed by atoms with Crippen LogP contribution in [0.4, 0.5) is 13.2 Å². The van der Waals surface area contributed by atoms with Crippen LogP contribution in [0.2, 0.25) is 0 Å². The molecule has 1 N–H and O–H groups in total. The Morgan fingerprint density at radius 1 is 1.25 bits per heavy atom. The largest absolute Gasteiger partial charge is 0.573 e. The van der Waals surface area contributed by atoms with Gasteiger partial charge >= 0.3 is 6.36 Å². The van der Waals surface area contributed by atoms with E-state index in [9.17, 15) is 13.2 Å². The van der Waals surface area contributed by atoms with Gasteiger partial charge in [0.2, 0.25) is 0 Å². The number of nitrogens with one attached hydrogen (secondary N) is 1. The third-order valence-corrected chi connectivity index (χ3v) is 1.76. The number of hydrogen-bond acceptors (Lipinski definition) is 3. The highest BCUT2D eigenvalue weighted by Gasteiger charge is 2.31. The molecule has 0 saturated carbocycles. The van der Waals surface area contributed by atoms with Crippen LogP contribution in [0.5, 0.6) is 5.75 Å². The van der Waals surface area contributed by atoms with Crippen LogP contribution in [0, 0.1) is 0 Å².